The Morgan fingerprint density at radius 1 is 1.19 bits per heavy atom. The maximum atomic E-state index is 13.0. The van der Waals surface area contributed by atoms with Gasteiger partial charge in [-0.15, -0.1) is 0 Å². The molecule has 1 aromatic carbocycles. The van der Waals surface area contributed by atoms with Crippen molar-refractivity contribution in [3.63, 3.8) is 0 Å². The molecule has 1 atom stereocenters. The summed E-state index contributed by atoms with van der Waals surface area (Å²) in [6.45, 7) is 1.56. The molecule has 2 fully saturated rings. The number of amides is 1. The van der Waals surface area contributed by atoms with Crippen LogP contribution >= 0.6 is 0 Å². The van der Waals surface area contributed by atoms with Crippen LogP contribution < -0.4 is 9.64 Å². The van der Waals surface area contributed by atoms with Crippen molar-refractivity contribution in [1.82, 2.24) is 14.9 Å². The number of benzene rings is 1. The third-order valence-electron chi connectivity index (χ3n) is 6.70. The quantitative estimate of drug-likeness (QED) is 0.686. The fourth-order valence-electron chi connectivity index (χ4n) is 4.90. The number of hydrogen-bond donors (Lipinski definition) is 0. The molecule has 1 amide bonds. The second kappa shape index (κ2) is 9.67. The lowest BCUT2D eigenvalue weighted by molar-refractivity contribution is -0.131. The number of carbonyl (C=O) groups is 1. The maximum Gasteiger partial charge on any atom is 0.225 e. The van der Waals surface area contributed by atoms with E-state index in [1.54, 1.807) is 7.11 Å². The van der Waals surface area contributed by atoms with Crippen molar-refractivity contribution in [3.8, 4) is 16.9 Å². The number of hydrogen-bond acceptors (Lipinski definition) is 5. The summed E-state index contributed by atoms with van der Waals surface area (Å²) >= 11 is 0. The van der Waals surface area contributed by atoms with Crippen molar-refractivity contribution in [2.75, 3.05) is 39.2 Å². The smallest absolute Gasteiger partial charge is 0.225 e. The van der Waals surface area contributed by atoms with Crippen LogP contribution in [0.1, 0.15) is 56.6 Å². The first kappa shape index (κ1) is 21.6. The molecule has 0 bridgehead atoms. The van der Waals surface area contributed by atoms with Crippen molar-refractivity contribution in [3.05, 3.63) is 36.2 Å². The number of aromatic nitrogens is 2. The number of anilines is 1. The van der Waals surface area contributed by atoms with Crippen LogP contribution in [0.3, 0.4) is 0 Å². The molecule has 0 unspecified atom stereocenters. The van der Waals surface area contributed by atoms with Gasteiger partial charge < -0.3 is 14.5 Å². The van der Waals surface area contributed by atoms with E-state index in [9.17, 15) is 4.79 Å². The van der Waals surface area contributed by atoms with Gasteiger partial charge in [0.05, 0.1) is 12.8 Å². The van der Waals surface area contributed by atoms with E-state index in [1.165, 1.54) is 32.1 Å². The molecular formula is C25H34N4O2. The minimum atomic E-state index is 0.221. The summed E-state index contributed by atoms with van der Waals surface area (Å²) in [5.74, 6) is 2.63. The van der Waals surface area contributed by atoms with Gasteiger partial charge in [-0.1, -0.05) is 31.4 Å². The summed E-state index contributed by atoms with van der Waals surface area (Å²) < 4.78 is 5.42. The minimum absolute atomic E-state index is 0.221. The second-order valence-corrected chi connectivity index (χ2v) is 9.13. The van der Waals surface area contributed by atoms with Crippen LogP contribution in [-0.4, -0.2) is 55.1 Å². The molecule has 2 heterocycles. The zero-order valence-electron chi connectivity index (χ0n) is 19.0. The topological polar surface area (TPSA) is 58.6 Å². The Kier molecular flexibility index (Phi) is 6.73. The molecular weight excluding hydrogens is 388 g/mol. The molecule has 166 valence electrons. The number of likely N-dealkylation sites (tertiary alicyclic amines) is 1. The van der Waals surface area contributed by atoms with Crippen LogP contribution in [-0.2, 0) is 4.79 Å². The van der Waals surface area contributed by atoms with Crippen LogP contribution in [0, 0.1) is 5.92 Å². The molecule has 1 aliphatic carbocycles. The number of methoxy groups -OCH3 is 1. The summed E-state index contributed by atoms with van der Waals surface area (Å²) in [6.07, 6.45) is 9.86. The number of ether oxygens (including phenoxy) is 1. The van der Waals surface area contributed by atoms with Gasteiger partial charge in [0.2, 0.25) is 11.9 Å². The molecule has 0 radical (unpaired) electrons. The summed E-state index contributed by atoms with van der Waals surface area (Å²) in [6, 6.07) is 8.03. The third-order valence-corrected chi connectivity index (χ3v) is 6.70. The average Bonchev–Trinajstić information content (AvgIpc) is 3.30. The van der Waals surface area contributed by atoms with E-state index in [0.29, 0.717) is 24.2 Å². The molecule has 6 heteroatoms. The standard InChI is InChI=1S/C25H34N4O2/c1-28(2)25-26-16-22(19-10-7-11-21(15-19)31-3)24(27-25)20-12-13-29(17-20)23(30)14-18-8-5-4-6-9-18/h7,10-11,15-16,18,20H,4-6,8-9,12-14,17H2,1-3H3/t20-/m0/s1. The van der Waals surface area contributed by atoms with Crippen molar-refractivity contribution < 1.29 is 9.53 Å². The van der Waals surface area contributed by atoms with Crippen LogP contribution in [0.2, 0.25) is 0 Å². The fourth-order valence-corrected chi connectivity index (χ4v) is 4.90. The first-order chi connectivity index (χ1) is 15.0. The highest BCUT2D eigenvalue weighted by Gasteiger charge is 2.31. The molecule has 0 spiro atoms. The normalized spacial score (nSPS) is 19.5. The zero-order valence-corrected chi connectivity index (χ0v) is 19.0. The molecule has 2 aliphatic rings. The van der Waals surface area contributed by atoms with Crippen LogP contribution in [0.15, 0.2) is 30.5 Å². The molecule has 1 saturated carbocycles. The second-order valence-electron chi connectivity index (χ2n) is 9.13. The predicted octanol–water partition coefficient (Wildman–Crippen LogP) is 4.50. The van der Waals surface area contributed by atoms with Gasteiger partial charge in [0, 0.05) is 51.3 Å². The zero-order chi connectivity index (χ0) is 21.8. The molecule has 0 N–H and O–H groups in total. The largest absolute Gasteiger partial charge is 0.497 e. The van der Waals surface area contributed by atoms with Gasteiger partial charge in [-0.25, -0.2) is 9.97 Å². The fraction of sp³-hybridized carbons (Fsp3) is 0.560. The van der Waals surface area contributed by atoms with Gasteiger partial charge in [-0.2, -0.15) is 0 Å². The molecule has 1 saturated heterocycles. The van der Waals surface area contributed by atoms with E-state index in [0.717, 1.165) is 42.1 Å². The van der Waals surface area contributed by atoms with Crippen molar-refractivity contribution in [1.29, 1.82) is 0 Å². The highest BCUT2D eigenvalue weighted by molar-refractivity contribution is 5.77. The molecule has 31 heavy (non-hydrogen) atoms. The number of rotatable bonds is 6. The van der Waals surface area contributed by atoms with Crippen molar-refractivity contribution in [2.45, 2.75) is 50.9 Å². The van der Waals surface area contributed by atoms with Crippen LogP contribution in [0.25, 0.3) is 11.1 Å². The molecule has 6 nitrogen and oxygen atoms in total. The van der Waals surface area contributed by atoms with Gasteiger partial charge in [-0.05, 0) is 42.9 Å². The lowest BCUT2D eigenvalue weighted by Crippen LogP contribution is -2.30. The first-order valence-electron chi connectivity index (χ1n) is 11.5. The Hall–Kier alpha value is -2.63. The van der Waals surface area contributed by atoms with Crippen molar-refractivity contribution >= 4 is 11.9 Å². The van der Waals surface area contributed by atoms with E-state index in [-0.39, 0.29) is 5.92 Å². The van der Waals surface area contributed by atoms with E-state index in [4.69, 9.17) is 9.72 Å². The third kappa shape index (κ3) is 5.00. The summed E-state index contributed by atoms with van der Waals surface area (Å²) in [5, 5.41) is 0. The van der Waals surface area contributed by atoms with E-state index in [1.807, 2.05) is 43.4 Å². The molecule has 2 aromatic rings. The van der Waals surface area contributed by atoms with Gasteiger partial charge in [0.25, 0.3) is 0 Å². The lowest BCUT2D eigenvalue weighted by atomic mass is 9.86. The van der Waals surface area contributed by atoms with Gasteiger partial charge in [-0.3, -0.25) is 4.79 Å². The summed E-state index contributed by atoms with van der Waals surface area (Å²) in [4.78, 5) is 26.5. The SMILES string of the molecule is COc1cccc(-c2cnc(N(C)C)nc2[C@H]2CCN(C(=O)CC3CCCCC3)C2)c1. The Labute approximate surface area is 185 Å². The Morgan fingerprint density at radius 3 is 2.74 bits per heavy atom. The first-order valence-corrected chi connectivity index (χ1v) is 11.5. The Balaban J connectivity index is 1.56. The van der Waals surface area contributed by atoms with E-state index in [2.05, 4.69) is 16.0 Å². The molecule has 1 aromatic heterocycles. The summed E-state index contributed by atoms with van der Waals surface area (Å²) in [5.41, 5.74) is 3.10. The Morgan fingerprint density at radius 2 is 2.00 bits per heavy atom. The van der Waals surface area contributed by atoms with Gasteiger partial charge >= 0.3 is 0 Å². The lowest BCUT2D eigenvalue weighted by Gasteiger charge is -2.24. The number of carbonyl (C=O) groups excluding carboxylic acids is 1. The Bertz CT molecular complexity index is 908. The van der Waals surface area contributed by atoms with Gasteiger partial charge in [0.15, 0.2) is 0 Å². The number of nitrogens with zero attached hydrogens (tertiary/aromatic N) is 4. The van der Waals surface area contributed by atoms with Crippen LogP contribution in [0.5, 0.6) is 5.75 Å². The highest BCUT2D eigenvalue weighted by Crippen LogP contribution is 2.36. The average molecular weight is 423 g/mol. The van der Waals surface area contributed by atoms with E-state index >= 15 is 0 Å². The van der Waals surface area contributed by atoms with E-state index < -0.39 is 0 Å². The monoisotopic (exact) mass is 422 g/mol. The summed E-state index contributed by atoms with van der Waals surface area (Å²) in [7, 11) is 5.59. The predicted molar refractivity (Wildman–Crippen MR) is 123 cm³/mol. The maximum absolute atomic E-state index is 13.0. The minimum Gasteiger partial charge on any atom is -0.497 e. The van der Waals surface area contributed by atoms with Crippen LogP contribution in [0.4, 0.5) is 5.95 Å². The molecule has 4 rings (SSSR count). The van der Waals surface area contributed by atoms with Crippen molar-refractivity contribution in [2.24, 2.45) is 5.92 Å². The molecule has 1 aliphatic heterocycles. The highest BCUT2D eigenvalue weighted by atomic mass is 16.5. The van der Waals surface area contributed by atoms with Gasteiger partial charge in [0.1, 0.15) is 5.75 Å².